The van der Waals surface area contributed by atoms with E-state index < -0.39 is 10.0 Å². The van der Waals surface area contributed by atoms with Crippen LogP contribution in [0, 0.1) is 5.92 Å². The molecule has 0 spiro atoms. The summed E-state index contributed by atoms with van der Waals surface area (Å²) in [5.41, 5.74) is 1.27. The third kappa shape index (κ3) is 5.00. The first kappa shape index (κ1) is 23.5. The zero-order valence-electron chi connectivity index (χ0n) is 18.3. The van der Waals surface area contributed by atoms with Gasteiger partial charge in [-0.05, 0) is 55.7 Å². The van der Waals surface area contributed by atoms with Gasteiger partial charge in [-0.15, -0.1) is 0 Å². The summed E-state index contributed by atoms with van der Waals surface area (Å²) >= 11 is 5.86. The summed E-state index contributed by atoms with van der Waals surface area (Å²) in [6.45, 7) is 1.18. The number of amides is 2. The van der Waals surface area contributed by atoms with Crippen molar-refractivity contribution in [2.45, 2.75) is 30.6 Å². The first-order valence-electron chi connectivity index (χ1n) is 10.8. The van der Waals surface area contributed by atoms with Crippen LogP contribution in [0.25, 0.3) is 0 Å². The van der Waals surface area contributed by atoms with Crippen molar-refractivity contribution in [3.05, 3.63) is 47.5 Å². The molecule has 33 heavy (non-hydrogen) atoms. The van der Waals surface area contributed by atoms with Crippen LogP contribution in [0.1, 0.15) is 25.7 Å². The minimum atomic E-state index is -3.62. The number of nitrogens with zero attached hydrogens (tertiary/aromatic N) is 2. The Morgan fingerprint density at radius 2 is 1.79 bits per heavy atom. The van der Waals surface area contributed by atoms with Crippen LogP contribution in [0.4, 0.5) is 11.4 Å². The van der Waals surface area contributed by atoms with Crippen LogP contribution < -0.4 is 15.0 Å². The fourth-order valence-corrected chi connectivity index (χ4v) is 5.84. The predicted octanol–water partition coefficient (Wildman–Crippen LogP) is 3.51. The molecule has 2 aromatic rings. The number of nitrogens with one attached hydrogen (secondary N) is 1. The lowest BCUT2D eigenvalue weighted by atomic mass is 9.97. The molecule has 0 aliphatic carbocycles. The van der Waals surface area contributed by atoms with Crippen LogP contribution in [0.3, 0.4) is 0 Å². The number of halogens is 1. The van der Waals surface area contributed by atoms with E-state index in [1.807, 2.05) is 0 Å². The number of hydrogen-bond acceptors (Lipinski definition) is 5. The van der Waals surface area contributed by atoms with Crippen molar-refractivity contribution in [1.29, 1.82) is 0 Å². The van der Waals surface area contributed by atoms with E-state index in [1.54, 1.807) is 35.2 Å². The molecular weight excluding hydrogens is 466 g/mol. The van der Waals surface area contributed by atoms with E-state index in [-0.39, 0.29) is 35.7 Å². The number of piperidine rings is 1. The molecule has 4 rings (SSSR count). The molecule has 176 valence electrons. The lowest BCUT2D eigenvalue weighted by Gasteiger charge is -2.30. The van der Waals surface area contributed by atoms with E-state index in [0.717, 1.165) is 6.42 Å². The Labute approximate surface area is 198 Å². The summed E-state index contributed by atoms with van der Waals surface area (Å²) in [4.78, 5) is 26.8. The number of ether oxygens (including phenoxy) is 1. The predicted molar refractivity (Wildman–Crippen MR) is 126 cm³/mol. The molecule has 0 radical (unpaired) electrons. The molecule has 2 saturated heterocycles. The molecule has 2 heterocycles. The maximum Gasteiger partial charge on any atom is 0.243 e. The molecule has 0 saturated carbocycles. The highest BCUT2D eigenvalue weighted by Gasteiger charge is 2.32. The SMILES string of the molecule is COc1cc(NC(=O)C2CCN(S(=O)(=O)c3ccc(Cl)cc3)CC2)ccc1N1CCCC1=O. The molecule has 2 aliphatic rings. The number of benzene rings is 2. The van der Waals surface area contributed by atoms with Crippen LogP contribution in [-0.2, 0) is 19.6 Å². The molecular formula is C23H26ClN3O5S. The minimum Gasteiger partial charge on any atom is -0.494 e. The molecule has 0 aromatic heterocycles. The van der Waals surface area contributed by atoms with Gasteiger partial charge in [0.1, 0.15) is 5.75 Å². The standard InChI is InChI=1S/C23H26ClN3O5S/c1-32-21-15-18(6-9-20(21)27-12-2-3-22(27)28)25-23(29)16-10-13-26(14-11-16)33(30,31)19-7-4-17(24)5-8-19/h4-9,15-16H,2-3,10-14H2,1H3,(H,25,29). The Morgan fingerprint density at radius 1 is 1.09 bits per heavy atom. The number of hydrogen-bond donors (Lipinski definition) is 1. The van der Waals surface area contributed by atoms with Crippen LogP contribution in [0.5, 0.6) is 5.75 Å². The second kappa shape index (κ2) is 9.70. The summed E-state index contributed by atoms with van der Waals surface area (Å²) in [7, 11) is -2.09. The average Bonchev–Trinajstić information content (AvgIpc) is 3.25. The number of anilines is 2. The van der Waals surface area contributed by atoms with Crippen LogP contribution >= 0.6 is 11.6 Å². The second-order valence-electron chi connectivity index (χ2n) is 8.16. The first-order valence-corrected chi connectivity index (χ1v) is 12.7. The van der Waals surface area contributed by atoms with E-state index >= 15 is 0 Å². The Morgan fingerprint density at radius 3 is 2.39 bits per heavy atom. The van der Waals surface area contributed by atoms with E-state index in [1.165, 1.54) is 23.5 Å². The highest BCUT2D eigenvalue weighted by atomic mass is 35.5. The molecule has 10 heteroatoms. The Hall–Kier alpha value is -2.62. The summed E-state index contributed by atoms with van der Waals surface area (Å²) < 4.78 is 32.5. The number of methoxy groups -OCH3 is 1. The van der Waals surface area contributed by atoms with Crippen molar-refractivity contribution >= 4 is 44.8 Å². The van der Waals surface area contributed by atoms with Crippen LogP contribution in [0.2, 0.25) is 5.02 Å². The molecule has 2 amide bonds. The molecule has 0 bridgehead atoms. The van der Waals surface area contributed by atoms with Gasteiger partial charge in [0.05, 0.1) is 17.7 Å². The van der Waals surface area contributed by atoms with Gasteiger partial charge in [-0.2, -0.15) is 4.31 Å². The van der Waals surface area contributed by atoms with Crippen molar-refractivity contribution in [2.24, 2.45) is 5.92 Å². The number of rotatable bonds is 6. The Bertz CT molecular complexity index is 1150. The number of sulfonamides is 1. The summed E-state index contributed by atoms with van der Waals surface area (Å²) in [6, 6.07) is 11.3. The summed E-state index contributed by atoms with van der Waals surface area (Å²) in [5.74, 6) is 0.121. The minimum absolute atomic E-state index is 0.0606. The lowest BCUT2D eigenvalue weighted by Crippen LogP contribution is -2.41. The fraction of sp³-hybridized carbons (Fsp3) is 0.391. The van der Waals surface area contributed by atoms with Gasteiger partial charge in [-0.3, -0.25) is 9.59 Å². The quantitative estimate of drug-likeness (QED) is 0.667. The van der Waals surface area contributed by atoms with Gasteiger partial charge in [0.25, 0.3) is 0 Å². The van der Waals surface area contributed by atoms with Gasteiger partial charge < -0.3 is 15.0 Å². The van der Waals surface area contributed by atoms with Gasteiger partial charge in [-0.25, -0.2) is 8.42 Å². The second-order valence-corrected chi connectivity index (χ2v) is 10.5. The summed E-state index contributed by atoms with van der Waals surface area (Å²) in [6.07, 6.45) is 2.19. The largest absolute Gasteiger partial charge is 0.494 e. The van der Waals surface area contributed by atoms with Crippen LogP contribution in [0.15, 0.2) is 47.4 Å². The van der Waals surface area contributed by atoms with Gasteiger partial charge in [0.15, 0.2) is 0 Å². The third-order valence-corrected chi connectivity index (χ3v) is 8.25. The van der Waals surface area contributed by atoms with Crippen molar-refractivity contribution in [3.8, 4) is 5.75 Å². The normalized spacial score (nSPS) is 17.9. The van der Waals surface area contributed by atoms with E-state index in [4.69, 9.17) is 16.3 Å². The van der Waals surface area contributed by atoms with Crippen molar-refractivity contribution in [2.75, 3.05) is 37.0 Å². The number of carbonyl (C=O) groups excluding carboxylic acids is 2. The maximum absolute atomic E-state index is 12.8. The molecule has 1 N–H and O–H groups in total. The van der Waals surface area contributed by atoms with Gasteiger partial charge >= 0.3 is 0 Å². The zero-order chi connectivity index (χ0) is 23.6. The highest BCUT2D eigenvalue weighted by molar-refractivity contribution is 7.89. The molecule has 2 fully saturated rings. The zero-order valence-corrected chi connectivity index (χ0v) is 19.9. The molecule has 2 aromatic carbocycles. The monoisotopic (exact) mass is 491 g/mol. The molecule has 2 aliphatic heterocycles. The summed E-state index contributed by atoms with van der Waals surface area (Å²) in [5, 5.41) is 3.38. The topological polar surface area (TPSA) is 96.0 Å². The van der Waals surface area contributed by atoms with Gasteiger partial charge in [0.2, 0.25) is 21.8 Å². The highest BCUT2D eigenvalue weighted by Crippen LogP contribution is 2.34. The Kier molecular flexibility index (Phi) is 6.92. The average molecular weight is 492 g/mol. The lowest BCUT2D eigenvalue weighted by molar-refractivity contribution is -0.121. The van der Waals surface area contributed by atoms with E-state index in [9.17, 15) is 18.0 Å². The number of carbonyl (C=O) groups is 2. The van der Waals surface area contributed by atoms with Crippen molar-refractivity contribution in [1.82, 2.24) is 4.31 Å². The molecule has 0 unspecified atom stereocenters. The van der Waals surface area contributed by atoms with Crippen molar-refractivity contribution in [3.63, 3.8) is 0 Å². The van der Waals surface area contributed by atoms with Gasteiger partial charge in [-0.1, -0.05) is 11.6 Å². The van der Waals surface area contributed by atoms with E-state index in [2.05, 4.69) is 5.32 Å². The third-order valence-electron chi connectivity index (χ3n) is 6.09. The van der Waals surface area contributed by atoms with E-state index in [0.29, 0.717) is 48.0 Å². The smallest absolute Gasteiger partial charge is 0.243 e. The Balaban J connectivity index is 1.38. The van der Waals surface area contributed by atoms with Crippen molar-refractivity contribution < 1.29 is 22.7 Å². The maximum atomic E-state index is 12.8. The van der Waals surface area contributed by atoms with Gasteiger partial charge in [0, 0.05) is 48.7 Å². The van der Waals surface area contributed by atoms with Crippen LogP contribution in [-0.4, -0.2) is 51.3 Å². The fourth-order valence-electron chi connectivity index (χ4n) is 4.24. The first-order chi connectivity index (χ1) is 15.8. The molecule has 0 atom stereocenters. The molecule has 8 nitrogen and oxygen atoms in total.